The Hall–Kier alpha value is -2.22. The van der Waals surface area contributed by atoms with Crippen LogP contribution in [0.4, 0.5) is 5.82 Å². The summed E-state index contributed by atoms with van der Waals surface area (Å²) in [6.07, 6.45) is 1.58. The smallest absolute Gasteiger partial charge is 0.244 e. The first-order valence-electron chi connectivity index (χ1n) is 9.04. The van der Waals surface area contributed by atoms with Gasteiger partial charge in [-0.25, -0.2) is 9.97 Å². The van der Waals surface area contributed by atoms with E-state index in [0.717, 1.165) is 22.6 Å². The minimum Gasteiger partial charge on any atom is -0.367 e. The van der Waals surface area contributed by atoms with Crippen LogP contribution in [0.2, 0.25) is 5.02 Å². The van der Waals surface area contributed by atoms with E-state index in [0.29, 0.717) is 37.8 Å². The molecule has 1 aromatic heterocycles. The lowest BCUT2D eigenvalue weighted by atomic mass is 10.1. The fourth-order valence-electron chi connectivity index (χ4n) is 3.67. The van der Waals surface area contributed by atoms with Crippen molar-refractivity contribution in [3.05, 3.63) is 52.4 Å². The monoisotopic (exact) mass is 387 g/mol. The molecule has 0 bridgehead atoms. The summed E-state index contributed by atoms with van der Waals surface area (Å²) in [5.41, 5.74) is 8.92. The van der Waals surface area contributed by atoms with Crippen molar-refractivity contribution in [1.82, 2.24) is 14.9 Å². The maximum Gasteiger partial charge on any atom is 0.244 e. The molecule has 1 amide bonds. The van der Waals surface area contributed by atoms with Crippen LogP contribution in [-0.2, 0) is 16.1 Å². The molecule has 0 saturated carbocycles. The molecule has 2 aromatic rings. The average molecular weight is 388 g/mol. The number of hydrogen-bond acceptors (Lipinski definition) is 6. The SMILES string of the molecule is CC1OCc2ncnc(N3CCN(C(=O)[C@@H](N)c4cccc(Cl)c4)CC3)c21. The molecule has 7 nitrogen and oxygen atoms in total. The third kappa shape index (κ3) is 3.50. The molecule has 2 aliphatic rings. The molecule has 2 atom stereocenters. The molecule has 0 radical (unpaired) electrons. The lowest BCUT2D eigenvalue weighted by Crippen LogP contribution is -2.51. The molecule has 142 valence electrons. The van der Waals surface area contributed by atoms with Crippen molar-refractivity contribution in [2.24, 2.45) is 5.73 Å². The van der Waals surface area contributed by atoms with E-state index in [1.165, 1.54) is 0 Å². The third-order valence-electron chi connectivity index (χ3n) is 5.19. The fraction of sp³-hybridized carbons (Fsp3) is 0.421. The quantitative estimate of drug-likeness (QED) is 0.867. The lowest BCUT2D eigenvalue weighted by molar-refractivity contribution is -0.133. The molecule has 1 unspecified atom stereocenters. The maximum absolute atomic E-state index is 12.8. The zero-order valence-electron chi connectivity index (χ0n) is 15.1. The third-order valence-corrected chi connectivity index (χ3v) is 5.42. The zero-order chi connectivity index (χ0) is 19.0. The second-order valence-electron chi connectivity index (χ2n) is 6.86. The minimum absolute atomic E-state index is 0.00730. The summed E-state index contributed by atoms with van der Waals surface area (Å²) >= 11 is 6.02. The number of aromatic nitrogens is 2. The summed E-state index contributed by atoms with van der Waals surface area (Å²) in [7, 11) is 0. The van der Waals surface area contributed by atoms with Crippen LogP contribution in [0, 0.1) is 0 Å². The van der Waals surface area contributed by atoms with Gasteiger partial charge in [0.25, 0.3) is 0 Å². The van der Waals surface area contributed by atoms with Crippen LogP contribution in [0.15, 0.2) is 30.6 Å². The molecule has 1 fully saturated rings. The molecule has 1 aromatic carbocycles. The van der Waals surface area contributed by atoms with Gasteiger partial charge in [0.05, 0.1) is 18.4 Å². The Balaban J connectivity index is 1.44. The molecular weight excluding hydrogens is 366 g/mol. The van der Waals surface area contributed by atoms with E-state index in [1.807, 2.05) is 24.0 Å². The van der Waals surface area contributed by atoms with Gasteiger partial charge in [0, 0.05) is 36.8 Å². The van der Waals surface area contributed by atoms with Crippen LogP contribution in [0.1, 0.15) is 35.9 Å². The Bertz CT molecular complexity index is 854. The van der Waals surface area contributed by atoms with Crippen molar-refractivity contribution in [1.29, 1.82) is 0 Å². The molecule has 8 heteroatoms. The second kappa shape index (κ2) is 7.42. The van der Waals surface area contributed by atoms with E-state index >= 15 is 0 Å². The number of piperazine rings is 1. The van der Waals surface area contributed by atoms with Gasteiger partial charge in [-0.2, -0.15) is 0 Å². The molecule has 2 aliphatic heterocycles. The Morgan fingerprint density at radius 1 is 1.30 bits per heavy atom. The number of carbonyl (C=O) groups excluding carboxylic acids is 1. The molecule has 1 saturated heterocycles. The van der Waals surface area contributed by atoms with Crippen molar-refractivity contribution < 1.29 is 9.53 Å². The second-order valence-corrected chi connectivity index (χ2v) is 7.29. The lowest BCUT2D eigenvalue weighted by Gasteiger charge is -2.37. The Morgan fingerprint density at radius 3 is 2.81 bits per heavy atom. The number of anilines is 1. The van der Waals surface area contributed by atoms with Gasteiger partial charge in [0.1, 0.15) is 18.2 Å². The van der Waals surface area contributed by atoms with Crippen LogP contribution >= 0.6 is 11.6 Å². The minimum atomic E-state index is -0.702. The van der Waals surface area contributed by atoms with E-state index in [2.05, 4.69) is 14.9 Å². The predicted molar refractivity (Wildman–Crippen MR) is 102 cm³/mol. The molecule has 0 spiro atoms. The number of carbonyl (C=O) groups is 1. The van der Waals surface area contributed by atoms with Gasteiger partial charge in [0.15, 0.2) is 0 Å². The average Bonchev–Trinajstić information content (AvgIpc) is 3.08. The number of rotatable bonds is 3. The Kier molecular flexibility index (Phi) is 4.99. The molecule has 4 rings (SSSR count). The van der Waals surface area contributed by atoms with Gasteiger partial charge in [-0.05, 0) is 24.6 Å². The van der Waals surface area contributed by atoms with Gasteiger partial charge < -0.3 is 20.3 Å². The number of hydrogen-bond donors (Lipinski definition) is 1. The first kappa shape index (κ1) is 18.2. The topological polar surface area (TPSA) is 84.6 Å². The van der Waals surface area contributed by atoms with Gasteiger partial charge in [-0.3, -0.25) is 4.79 Å². The highest BCUT2D eigenvalue weighted by molar-refractivity contribution is 6.30. The van der Waals surface area contributed by atoms with Crippen LogP contribution in [0.5, 0.6) is 0 Å². The van der Waals surface area contributed by atoms with Crippen LogP contribution in [-0.4, -0.2) is 47.0 Å². The van der Waals surface area contributed by atoms with Crippen LogP contribution in [0.25, 0.3) is 0 Å². The summed E-state index contributed by atoms with van der Waals surface area (Å²) in [6, 6.07) is 6.45. The molecule has 0 aliphatic carbocycles. The highest BCUT2D eigenvalue weighted by atomic mass is 35.5. The molecular formula is C19H22ClN5O2. The molecule has 2 N–H and O–H groups in total. The van der Waals surface area contributed by atoms with E-state index < -0.39 is 6.04 Å². The van der Waals surface area contributed by atoms with Crippen molar-refractivity contribution in [3.63, 3.8) is 0 Å². The van der Waals surface area contributed by atoms with Gasteiger partial charge in [-0.1, -0.05) is 23.7 Å². The Morgan fingerprint density at radius 2 is 2.07 bits per heavy atom. The van der Waals surface area contributed by atoms with Crippen molar-refractivity contribution >= 4 is 23.3 Å². The number of benzene rings is 1. The fourth-order valence-corrected chi connectivity index (χ4v) is 3.87. The normalized spacial score (nSPS) is 20.5. The van der Waals surface area contributed by atoms with E-state index in [9.17, 15) is 4.79 Å². The summed E-state index contributed by atoms with van der Waals surface area (Å²) in [5.74, 6) is 0.831. The van der Waals surface area contributed by atoms with Gasteiger partial charge in [-0.15, -0.1) is 0 Å². The standard InChI is InChI=1S/C19H22ClN5O2/c1-12-16-15(10-27-12)22-11-23-18(16)24-5-7-25(8-6-24)19(26)17(21)13-3-2-4-14(20)9-13/h2-4,9,11-12,17H,5-8,10,21H2,1H3/t12?,17-/m0/s1. The number of nitrogens with two attached hydrogens (primary N) is 1. The summed E-state index contributed by atoms with van der Waals surface area (Å²) < 4.78 is 5.68. The largest absolute Gasteiger partial charge is 0.367 e. The van der Waals surface area contributed by atoms with Crippen molar-refractivity contribution in [2.75, 3.05) is 31.1 Å². The summed E-state index contributed by atoms with van der Waals surface area (Å²) in [4.78, 5) is 25.6. The van der Waals surface area contributed by atoms with Crippen LogP contribution in [0.3, 0.4) is 0 Å². The highest BCUT2D eigenvalue weighted by Gasteiger charge is 2.31. The first-order chi connectivity index (χ1) is 13.0. The van der Waals surface area contributed by atoms with Gasteiger partial charge >= 0.3 is 0 Å². The number of nitrogens with zero attached hydrogens (tertiary/aromatic N) is 4. The zero-order valence-corrected chi connectivity index (χ0v) is 15.9. The molecule has 27 heavy (non-hydrogen) atoms. The van der Waals surface area contributed by atoms with Crippen molar-refractivity contribution in [2.45, 2.75) is 25.7 Å². The van der Waals surface area contributed by atoms with E-state index in [4.69, 9.17) is 22.1 Å². The maximum atomic E-state index is 12.8. The number of ether oxygens (including phenoxy) is 1. The van der Waals surface area contributed by atoms with Crippen molar-refractivity contribution in [3.8, 4) is 0 Å². The van der Waals surface area contributed by atoms with E-state index in [1.54, 1.807) is 18.5 Å². The Labute approximate surface area is 163 Å². The number of halogens is 1. The van der Waals surface area contributed by atoms with Gasteiger partial charge in [0.2, 0.25) is 5.91 Å². The number of fused-ring (bicyclic) bond motifs is 1. The van der Waals surface area contributed by atoms with E-state index in [-0.39, 0.29) is 12.0 Å². The van der Waals surface area contributed by atoms with Crippen LogP contribution < -0.4 is 10.6 Å². The summed E-state index contributed by atoms with van der Waals surface area (Å²) in [5, 5.41) is 0.578. The molecule has 3 heterocycles. The summed E-state index contributed by atoms with van der Waals surface area (Å²) in [6.45, 7) is 5.14. The first-order valence-corrected chi connectivity index (χ1v) is 9.42. The predicted octanol–water partition coefficient (Wildman–Crippen LogP) is 2.07. The highest BCUT2D eigenvalue weighted by Crippen LogP contribution is 2.35. The number of amides is 1.